The summed E-state index contributed by atoms with van der Waals surface area (Å²) in [5.74, 6) is 1.81. The molecule has 0 aliphatic heterocycles. The molecule has 0 aliphatic rings. The number of ether oxygens (including phenoxy) is 2. The van der Waals surface area contributed by atoms with Crippen LogP contribution in [0.3, 0.4) is 0 Å². The van der Waals surface area contributed by atoms with E-state index in [-0.39, 0.29) is 5.56 Å². The van der Waals surface area contributed by atoms with E-state index in [0.717, 1.165) is 11.3 Å². The maximum atomic E-state index is 12.6. The molecule has 1 N–H and O–H groups in total. The van der Waals surface area contributed by atoms with Crippen LogP contribution in [0, 0.1) is 6.92 Å². The monoisotopic (exact) mass is 343 g/mol. The molecule has 8 nitrogen and oxygen atoms in total. The molecule has 1 aromatic carbocycles. The maximum Gasteiger partial charge on any atom is 0.280 e. The Morgan fingerprint density at radius 3 is 2.56 bits per heavy atom. The van der Waals surface area contributed by atoms with Crippen LogP contribution in [-0.2, 0) is 20.6 Å². The number of aryl methyl sites for hydroxylation is 2. The second-order valence-electron chi connectivity index (χ2n) is 5.75. The quantitative estimate of drug-likeness (QED) is 0.758. The first kappa shape index (κ1) is 16.8. The molecule has 0 bridgehead atoms. The predicted molar refractivity (Wildman–Crippen MR) is 95.4 cm³/mol. The molecule has 0 atom stereocenters. The van der Waals surface area contributed by atoms with Crippen molar-refractivity contribution in [1.29, 1.82) is 0 Å². The standard InChI is InChI=1S/C17H21N5O3/c1-10-14-15(22(3)20-10)16(23)21(2)17(19-14)18-9-11-6-7-12(24-4)13(8-11)25-5/h6-8H,9H2,1-5H3,(H,18,19). The van der Waals surface area contributed by atoms with E-state index in [4.69, 9.17) is 9.47 Å². The number of anilines is 1. The first-order valence-electron chi connectivity index (χ1n) is 7.81. The van der Waals surface area contributed by atoms with Crippen LogP contribution in [0.5, 0.6) is 11.5 Å². The van der Waals surface area contributed by atoms with Crippen LogP contribution in [0.1, 0.15) is 11.3 Å². The summed E-state index contributed by atoms with van der Waals surface area (Å²) in [6, 6.07) is 5.66. The molecular weight excluding hydrogens is 322 g/mol. The van der Waals surface area contributed by atoms with Crippen molar-refractivity contribution in [2.24, 2.45) is 14.1 Å². The smallest absolute Gasteiger partial charge is 0.280 e. The molecule has 2 aromatic heterocycles. The van der Waals surface area contributed by atoms with Gasteiger partial charge in [0.2, 0.25) is 5.95 Å². The Morgan fingerprint density at radius 1 is 1.16 bits per heavy atom. The normalized spacial score (nSPS) is 10.9. The van der Waals surface area contributed by atoms with E-state index in [1.54, 1.807) is 33.0 Å². The summed E-state index contributed by atoms with van der Waals surface area (Å²) in [6.45, 7) is 2.33. The molecule has 132 valence electrons. The number of benzene rings is 1. The maximum absolute atomic E-state index is 12.6. The molecule has 0 saturated carbocycles. The van der Waals surface area contributed by atoms with Crippen LogP contribution in [0.25, 0.3) is 11.0 Å². The average Bonchev–Trinajstić information content (AvgIpc) is 2.90. The number of nitrogens with zero attached hydrogens (tertiary/aromatic N) is 4. The van der Waals surface area contributed by atoms with E-state index < -0.39 is 0 Å². The summed E-state index contributed by atoms with van der Waals surface area (Å²) in [6.07, 6.45) is 0. The topological polar surface area (TPSA) is 83.2 Å². The van der Waals surface area contributed by atoms with E-state index in [9.17, 15) is 4.79 Å². The third kappa shape index (κ3) is 2.90. The zero-order valence-electron chi connectivity index (χ0n) is 15.0. The van der Waals surface area contributed by atoms with Crippen molar-refractivity contribution >= 4 is 17.0 Å². The van der Waals surface area contributed by atoms with E-state index in [1.807, 2.05) is 25.1 Å². The first-order valence-corrected chi connectivity index (χ1v) is 7.81. The largest absolute Gasteiger partial charge is 0.493 e. The van der Waals surface area contributed by atoms with Crippen molar-refractivity contribution < 1.29 is 9.47 Å². The third-order valence-corrected chi connectivity index (χ3v) is 4.13. The average molecular weight is 343 g/mol. The summed E-state index contributed by atoms with van der Waals surface area (Å²) in [7, 11) is 6.63. The molecule has 0 unspecified atom stereocenters. The van der Waals surface area contributed by atoms with Crippen LogP contribution in [0.4, 0.5) is 5.95 Å². The number of aromatic nitrogens is 4. The minimum absolute atomic E-state index is 0.136. The van der Waals surface area contributed by atoms with Gasteiger partial charge in [-0.3, -0.25) is 14.0 Å². The van der Waals surface area contributed by atoms with Crippen molar-refractivity contribution in [1.82, 2.24) is 19.3 Å². The van der Waals surface area contributed by atoms with E-state index in [0.29, 0.717) is 35.0 Å². The van der Waals surface area contributed by atoms with Gasteiger partial charge in [0.25, 0.3) is 5.56 Å². The van der Waals surface area contributed by atoms with Gasteiger partial charge in [0.1, 0.15) is 5.52 Å². The minimum Gasteiger partial charge on any atom is -0.493 e. The van der Waals surface area contributed by atoms with Gasteiger partial charge in [-0.2, -0.15) is 5.10 Å². The van der Waals surface area contributed by atoms with Crippen molar-refractivity contribution in [3.05, 3.63) is 39.8 Å². The molecule has 0 radical (unpaired) electrons. The van der Waals surface area contributed by atoms with Crippen LogP contribution in [-0.4, -0.2) is 33.6 Å². The number of rotatable bonds is 5. The molecule has 3 aromatic rings. The van der Waals surface area contributed by atoms with E-state index >= 15 is 0 Å². The Hall–Kier alpha value is -3.03. The lowest BCUT2D eigenvalue weighted by Crippen LogP contribution is -2.23. The molecule has 3 rings (SSSR count). The van der Waals surface area contributed by atoms with Gasteiger partial charge in [-0.05, 0) is 24.6 Å². The summed E-state index contributed by atoms with van der Waals surface area (Å²) in [4.78, 5) is 17.1. The molecular formula is C17H21N5O3. The Kier molecular flexibility index (Phi) is 4.35. The fraction of sp³-hybridized carbons (Fsp3) is 0.353. The summed E-state index contributed by atoms with van der Waals surface area (Å²) in [5.41, 5.74) is 2.68. The second kappa shape index (κ2) is 6.46. The Morgan fingerprint density at radius 2 is 1.88 bits per heavy atom. The van der Waals surface area contributed by atoms with Gasteiger partial charge in [0.05, 0.1) is 19.9 Å². The first-order chi connectivity index (χ1) is 12.0. The Balaban J connectivity index is 1.92. The van der Waals surface area contributed by atoms with Crippen molar-refractivity contribution in [3.8, 4) is 11.5 Å². The highest BCUT2D eigenvalue weighted by Crippen LogP contribution is 2.27. The van der Waals surface area contributed by atoms with E-state index in [2.05, 4.69) is 15.4 Å². The summed E-state index contributed by atoms with van der Waals surface area (Å²) < 4.78 is 13.6. The van der Waals surface area contributed by atoms with Gasteiger partial charge >= 0.3 is 0 Å². The lowest BCUT2D eigenvalue weighted by Gasteiger charge is -2.12. The minimum atomic E-state index is -0.136. The van der Waals surface area contributed by atoms with Gasteiger partial charge in [0.15, 0.2) is 17.0 Å². The highest BCUT2D eigenvalue weighted by Gasteiger charge is 2.15. The zero-order valence-corrected chi connectivity index (χ0v) is 15.0. The van der Waals surface area contributed by atoms with Crippen molar-refractivity contribution in [2.45, 2.75) is 13.5 Å². The lowest BCUT2D eigenvalue weighted by atomic mass is 10.2. The van der Waals surface area contributed by atoms with Crippen molar-refractivity contribution in [2.75, 3.05) is 19.5 Å². The van der Waals surface area contributed by atoms with Crippen LogP contribution in [0.15, 0.2) is 23.0 Å². The SMILES string of the molecule is COc1ccc(CNc2nc3c(C)nn(C)c3c(=O)n2C)cc1OC. The molecule has 0 amide bonds. The number of nitrogens with one attached hydrogen (secondary N) is 1. The zero-order chi connectivity index (χ0) is 18.1. The van der Waals surface area contributed by atoms with Crippen molar-refractivity contribution in [3.63, 3.8) is 0 Å². The van der Waals surface area contributed by atoms with E-state index in [1.165, 1.54) is 4.57 Å². The highest BCUT2D eigenvalue weighted by molar-refractivity contribution is 5.77. The van der Waals surface area contributed by atoms with Gasteiger partial charge in [-0.1, -0.05) is 6.07 Å². The van der Waals surface area contributed by atoms with Gasteiger partial charge < -0.3 is 14.8 Å². The molecule has 0 spiro atoms. The molecule has 2 heterocycles. The highest BCUT2D eigenvalue weighted by atomic mass is 16.5. The molecule has 0 aliphatic carbocycles. The Bertz CT molecular complexity index is 990. The second-order valence-corrected chi connectivity index (χ2v) is 5.75. The summed E-state index contributed by atoms with van der Waals surface area (Å²) >= 11 is 0. The fourth-order valence-corrected chi connectivity index (χ4v) is 2.79. The number of methoxy groups -OCH3 is 2. The number of hydrogen-bond donors (Lipinski definition) is 1. The molecule has 0 saturated heterocycles. The summed E-state index contributed by atoms with van der Waals surface area (Å²) in [5, 5.41) is 7.48. The van der Waals surface area contributed by atoms with Gasteiger partial charge in [-0.25, -0.2) is 4.98 Å². The molecule has 25 heavy (non-hydrogen) atoms. The van der Waals surface area contributed by atoms with Crippen LogP contribution < -0.4 is 20.3 Å². The Labute approximate surface area is 145 Å². The molecule has 0 fully saturated rings. The van der Waals surface area contributed by atoms with Crippen LogP contribution in [0.2, 0.25) is 0 Å². The fourth-order valence-electron chi connectivity index (χ4n) is 2.79. The van der Waals surface area contributed by atoms with Gasteiger partial charge in [0, 0.05) is 20.6 Å². The van der Waals surface area contributed by atoms with Gasteiger partial charge in [-0.15, -0.1) is 0 Å². The number of hydrogen-bond acceptors (Lipinski definition) is 6. The molecule has 8 heteroatoms. The lowest BCUT2D eigenvalue weighted by molar-refractivity contribution is 0.354. The predicted octanol–water partition coefficient (Wildman–Crippen LogP) is 1.60. The van der Waals surface area contributed by atoms with Crippen LogP contribution >= 0.6 is 0 Å². The number of fused-ring (bicyclic) bond motifs is 1. The third-order valence-electron chi connectivity index (χ3n) is 4.13.